The number of fused-ring (bicyclic) bond motifs is 1. The van der Waals surface area contributed by atoms with Crippen molar-refractivity contribution in [3.8, 4) is 11.3 Å². The molecule has 0 radical (unpaired) electrons. The highest BCUT2D eigenvalue weighted by Crippen LogP contribution is 2.17. The standard InChI is InChI=1S/C18H15N5O3S/c1-12-7-9-14(10-8-12)27(25,26)22-17-20-18-19-15(11-16(24)23(18)21-17)13-5-3-2-4-6-13/h2-11H,1H3,(H2,19,20,21,22). The molecule has 0 aliphatic heterocycles. The number of benzene rings is 2. The fourth-order valence-corrected chi connectivity index (χ4v) is 3.55. The van der Waals surface area contributed by atoms with Gasteiger partial charge >= 0.3 is 0 Å². The molecule has 136 valence electrons. The van der Waals surface area contributed by atoms with Crippen molar-refractivity contribution < 1.29 is 8.42 Å². The summed E-state index contributed by atoms with van der Waals surface area (Å²) in [6.07, 6.45) is 0. The van der Waals surface area contributed by atoms with E-state index in [1.54, 1.807) is 12.1 Å². The van der Waals surface area contributed by atoms with Gasteiger partial charge < -0.3 is 0 Å². The van der Waals surface area contributed by atoms with E-state index in [4.69, 9.17) is 0 Å². The van der Waals surface area contributed by atoms with Gasteiger partial charge in [-0.3, -0.25) is 9.89 Å². The number of anilines is 1. The number of nitrogens with one attached hydrogen (secondary N) is 2. The van der Waals surface area contributed by atoms with Crippen molar-refractivity contribution in [2.45, 2.75) is 11.8 Å². The minimum atomic E-state index is -3.84. The number of nitrogens with zero attached hydrogens (tertiary/aromatic N) is 3. The molecular weight excluding hydrogens is 366 g/mol. The fourth-order valence-electron chi connectivity index (χ4n) is 2.59. The van der Waals surface area contributed by atoms with E-state index in [-0.39, 0.29) is 16.6 Å². The summed E-state index contributed by atoms with van der Waals surface area (Å²) in [5.74, 6) is -0.0201. The SMILES string of the molecule is Cc1ccc(S(=O)(=O)Nc2nc3nc(-c4ccccc4)cc(=O)n3[nH]2)cc1. The highest BCUT2D eigenvalue weighted by molar-refractivity contribution is 7.92. The zero-order valence-electron chi connectivity index (χ0n) is 14.2. The maximum atomic E-state index is 12.5. The number of H-pyrrole nitrogens is 1. The Bertz CT molecular complexity index is 1280. The number of hydrogen-bond acceptors (Lipinski definition) is 5. The molecule has 0 bridgehead atoms. The zero-order valence-corrected chi connectivity index (χ0v) is 15.1. The first-order valence-electron chi connectivity index (χ1n) is 8.07. The Balaban J connectivity index is 1.72. The quantitative estimate of drug-likeness (QED) is 0.563. The largest absolute Gasteiger partial charge is 0.274 e. The summed E-state index contributed by atoms with van der Waals surface area (Å²) in [6, 6.07) is 16.9. The van der Waals surface area contributed by atoms with E-state index in [0.29, 0.717) is 5.69 Å². The predicted octanol–water partition coefficient (Wildman–Crippen LogP) is 2.19. The Morgan fingerprint density at radius 1 is 1.00 bits per heavy atom. The van der Waals surface area contributed by atoms with Gasteiger partial charge in [-0.2, -0.15) is 9.50 Å². The molecule has 0 spiro atoms. The number of aryl methyl sites for hydroxylation is 1. The average Bonchev–Trinajstić information content (AvgIpc) is 3.05. The minimum Gasteiger partial charge on any atom is -0.267 e. The zero-order chi connectivity index (χ0) is 19.0. The molecule has 0 aliphatic carbocycles. The van der Waals surface area contributed by atoms with Crippen molar-refractivity contribution in [2.24, 2.45) is 0 Å². The first-order chi connectivity index (χ1) is 12.9. The maximum Gasteiger partial charge on any atom is 0.274 e. The summed E-state index contributed by atoms with van der Waals surface area (Å²) >= 11 is 0. The van der Waals surface area contributed by atoms with Crippen LogP contribution in [0.25, 0.3) is 17.0 Å². The normalized spacial score (nSPS) is 11.6. The van der Waals surface area contributed by atoms with Gasteiger partial charge in [-0.25, -0.2) is 18.1 Å². The highest BCUT2D eigenvalue weighted by atomic mass is 32.2. The lowest BCUT2D eigenvalue weighted by Gasteiger charge is -2.04. The van der Waals surface area contributed by atoms with Gasteiger partial charge in [0.15, 0.2) is 0 Å². The third-order valence-corrected chi connectivity index (χ3v) is 5.32. The summed E-state index contributed by atoms with van der Waals surface area (Å²) in [6.45, 7) is 1.87. The summed E-state index contributed by atoms with van der Waals surface area (Å²) in [5.41, 5.74) is 1.77. The molecule has 0 fully saturated rings. The average molecular weight is 381 g/mol. The second-order valence-electron chi connectivity index (χ2n) is 5.97. The van der Waals surface area contributed by atoms with Gasteiger partial charge in [0.25, 0.3) is 21.4 Å². The van der Waals surface area contributed by atoms with Gasteiger partial charge in [0, 0.05) is 11.6 Å². The molecule has 2 heterocycles. The van der Waals surface area contributed by atoms with Crippen LogP contribution < -0.4 is 10.3 Å². The Labute approximate surface area is 154 Å². The number of aromatic amines is 1. The number of rotatable bonds is 4. The van der Waals surface area contributed by atoms with Crippen LogP contribution in [0.5, 0.6) is 0 Å². The van der Waals surface area contributed by atoms with E-state index in [0.717, 1.165) is 15.6 Å². The van der Waals surface area contributed by atoms with Gasteiger partial charge in [-0.05, 0) is 19.1 Å². The molecule has 0 amide bonds. The summed E-state index contributed by atoms with van der Waals surface area (Å²) < 4.78 is 28.4. The van der Waals surface area contributed by atoms with Crippen molar-refractivity contribution >= 4 is 21.7 Å². The van der Waals surface area contributed by atoms with E-state index in [9.17, 15) is 13.2 Å². The molecule has 4 rings (SSSR count). The maximum absolute atomic E-state index is 12.5. The van der Waals surface area contributed by atoms with E-state index >= 15 is 0 Å². The third kappa shape index (κ3) is 3.32. The predicted molar refractivity (Wildman–Crippen MR) is 101 cm³/mol. The van der Waals surface area contributed by atoms with Crippen LogP contribution in [0, 0.1) is 6.92 Å². The highest BCUT2D eigenvalue weighted by Gasteiger charge is 2.17. The van der Waals surface area contributed by atoms with E-state index in [2.05, 4.69) is 19.8 Å². The van der Waals surface area contributed by atoms with Crippen LogP contribution in [-0.4, -0.2) is 28.0 Å². The molecule has 0 saturated heterocycles. The van der Waals surface area contributed by atoms with Crippen LogP contribution in [0.2, 0.25) is 0 Å². The van der Waals surface area contributed by atoms with Crippen LogP contribution >= 0.6 is 0 Å². The molecule has 2 N–H and O–H groups in total. The van der Waals surface area contributed by atoms with Crippen LogP contribution in [-0.2, 0) is 10.0 Å². The molecule has 0 aliphatic rings. The van der Waals surface area contributed by atoms with Gasteiger partial charge in [0.2, 0.25) is 5.95 Å². The van der Waals surface area contributed by atoms with E-state index in [1.165, 1.54) is 18.2 Å². The Hall–Kier alpha value is -3.46. The lowest BCUT2D eigenvalue weighted by molar-refractivity contribution is 0.600. The number of sulfonamides is 1. The molecule has 0 unspecified atom stereocenters. The van der Waals surface area contributed by atoms with Crippen molar-refractivity contribution in [3.05, 3.63) is 76.6 Å². The van der Waals surface area contributed by atoms with Crippen LogP contribution in [0.15, 0.2) is 70.4 Å². The van der Waals surface area contributed by atoms with Crippen molar-refractivity contribution in [1.29, 1.82) is 0 Å². The minimum absolute atomic E-state index is 0.0722. The smallest absolute Gasteiger partial charge is 0.267 e. The summed E-state index contributed by atoms with van der Waals surface area (Å²) in [5, 5.41) is 2.62. The first-order valence-corrected chi connectivity index (χ1v) is 9.55. The molecule has 8 nitrogen and oxygen atoms in total. The second-order valence-corrected chi connectivity index (χ2v) is 7.65. The molecule has 27 heavy (non-hydrogen) atoms. The van der Waals surface area contributed by atoms with Gasteiger partial charge in [-0.1, -0.05) is 48.0 Å². The second kappa shape index (κ2) is 6.36. The summed E-state index contributed by atoms with van der Waals surface area (Å²) in [7, 11) is -3.84. The molecule has 2 aromatic carbocycles. The van der Waals surface area contributed by atoms with Crippen LogP contribution in [0.1, 0.15) is 5.56 Å². The molecule has 0 saturated carbocycles. The van der Waals surface area contributed by atoms with E-state index < -0.39 is 15.6 Å². The summed E-state index contributed by atoms with van der Waals surface area (Å²) in [4.78, 5) is 20.9. The molecule has 0 atom stereocenters. The third-order valence-electron chi connectivity index (χ3n) is 3.96. The molecule has 2 aromatic heterocycles. The van der Waals surface area contributed by atoms with Gasteiger partial charge in [0.05, 0.1) is 10.6 Å². The van der Waals surface area contributed by atoms with Crippen molar-refractivity contribution in [3.63, 3.8) is 0 Å². The monoisotopic (exact) mass is 381 g/mol. The van der Waals surface area contributed by atoms with E-state index in [1.807, 2.05) is 37.3 Å². The molecule has 9 heteroatoms. The first kappa shape index (κ1) is 17.0. The van der Waals surface area contributed by atoms with Gasteiger partial charge in [0.1, 0.15) is 0 Å². The topological polar surface area (TPSA) is 109 Å². The number of hydrogen-bond donors (Lipinski definition) is 2. The Morgan fingerprint density at radius 3 is 2.41 bits per heavy atom. The molecular formula is C18H15N5O3S. The van der Waals surface area contributed by atoms with Crippen LogP contribution in [0.3, 0.4) is 0 Å². The van der Waals surface area contributed by atoms with Gasteiger partial charge in [-0.15, -0.1) is 0 Å². The Kier molecular flexibility index (Phi) is 4.00. The van der Waals surface area contributed by atoms with Crippen molar-refractivity contribution in [1.82, 2.24) is 19.6 Å². The van der Waals surface area contributed by atoms with Crippen LogP contribution in [0.4, 0.5) is 5.95 Å². The molecule has 4 aromatic rings. The van der Waals surface area contributed by atoms with Crippen molar-refractivity contribution in [2.75, 3.05) is 4.72 Å². The lowest BCUT2D eigenvalue weighted by Crippen LogP contribution is -2.16. The fraction of sp³-hybridized carbons (Fsp3) is 0.0556. The Morgan fingerprint density at radius 2 is 1.70 bits per heavy atom. The number of aromatic nitrogens is 4. The lowest BCUT2D eigenvalue weighted by atomic mass is 10.1.